The lowest BCUT2D eigenvalue weighted by molar-refractivity contribution is -0.150. The predicted molar refractivity (Wildman–Crippen MR) is 221 cm³/mol. The molecule has 0 aromatic carbocycles. The van der Waals surface area contributed by atoms with Gasteiger partial charge < -0.3 is 15.2 Å². The summed E-state index contributed by atoms with van der Waals surface area (Å²) >= 11 is 0. The topological polar surface area (TPSA) is 92.7 Å². The lowest BCUT2D eigenvalue weighted by Crippen LogP contribution is -2.28. The Balaban J connectivity index is 4.25. The van der Waals surface area contributed by atoms with E-state index >= 15 is 0 Å². The zero-order valence-electron chi connectivity index (χ0n) is 33.6. The second-order valence-corrected chi connectivity index (χ2v) is 14.2. The molecule has 298 valence electrons. The van der Waals surface area contributed by atoms with Gasteiger partial charge in [0.25, 0.3) is 0 Å². The number of esters is 1. The third-order valence-corrected chi connectivity index (χ3v) is 9.17. The number of allylic oxidation sites excluding steroid dienone is 10. The molecule has 0 aliphatic rings. The van der Waals surface area contributed by atoms with Crippen LogP contribution < -0.4 is 5.32 Å². The van der Waals surface area contributed by atoms with Gasteiger partial charge in [0.15, 0.2) is 0 Å². The number of carbonyl (C=O) groups excluding carboxylic acids is 2. The molecule has 1 amide bonds. The van der Waals surface area contributed by atoms with Gasteiger partial charge in [-0.05, 0) is 96.3 Å². The molecule has 0 heterocycles. The average molecular weight is 726 g/mol. The Morgan fingerprint density at radius 2 is 0.962 bits per heavy atom. The van der Waals surface area contributed by atoms with Gasteiger partial charge in [-0.25, -0.2) is 0 Å². The van der Waals surface area contributed by atoms with Crippen molar-refractivity contribution in [3.05, 3.63) is 60.8 Å². The fourth-order valence-electron chi connectivity index (χ4n) is 6.04. The highest BCUT2D eigenvalue weighted by atomic mass is 16.5. The smallest absolute Gasteiger partial charge is 0.322 e. The van der Waals surface area contributed by atoms with Gasteiger partial charge in [0.1, 0.15) is 12.6 Å². The van der Waals surface area contributed by atoms with Crippen LogP contribution in [0.5, 0.6) is 0 Å². The fraction of sp³-hybridized carbons (Fsp3) is 0.717. The number of rotatable bonds is 38. The molecule has 0 rings (SSSR count). The molecule has 0 aromatic rings. The number of amides is 1. The number of ether oxygens (including phenoxy) is 1. The van der Waals surface area contributed by atoms with Crippen LogP contribution in [0.3, 0.4) is 0 Å². The number of hydrogen-bond acceptors (Lipinski definition) is 4. The van der Waals surface area contributed by atoms with E-state index in [1.54, 1.807) is 0 Å². The van der Waals surface area contributed by atoms with Crippen LogP contribution in [0, 0.1) is 0 Å². The van der Waals surface area contributed by atoms with Crippen molar-refractivity contribution >= 4 is 17.8 Å². The van der Waals surface area contributed by atoms with Gasteiger partial charge in [0.2, 0.25) is 5.91 Å². The van der Waals surface area contributed by atoms with Crippen molar-refractivity contribution in [2.24, 2.45) is 0 Å². The van der Waals surface area contributed by atoms with Crippen molar-refractivity contribution in [2.75, 3.05) is 6.54 Å². The highest BCUT2D eigenvalue weighted by Crippen LogP contribution is 2.18. The largest absolute Gasteiger partial charge is 0.480 e. The Kier molecular flexibility index (Phi) is 38.6. The molecule has 0 aliphatic heterocycles. The molecule has 0 aliphatic carbocycles. The molecule has 1 unspecified atom stereocenters. The third kappa shape index (κ3) is 39.9. The molecule has 0 saturated heterocycles. The number of hydrogen-bond donors (Lipinski definition) is 2. The summed E-state index contributed by atoms with van der Waals surface area (Å²) in [7, 11) is 0. The van der Waals surface area contributed by atoms with Crippen LogP contribution in [0.4, 0.5) is 0 Å². The molecule has 1 atom stereocenters. The first kappa shape index (κ1) is 49.1. The first-order valence-electron chi connectivity index (χ1n) is 21.4. The van der Waals surface area contributed by atoms with Crippen molar-refractivity contribution in [3.8, 4) is 0 Å². The van der Waals surface area contributed by atoms with Gasteiger partial charge in [-0.1, -0.05) is 152 Å². The van der Waals surface area contributed by atoms with Crippen molar-refractivity contribution in [1.82, 2.24) is 5.32 Å². The van der Waals surface area contributed by atoms with Gasteiger partial charge in [-0.2, -0.15) is 0 Å². The number of carboxylic acid groups (broad SMARTS) is 1. The molecular formula is C46H79NO5. The third-order valence-electron chi connectivity index (χ3n) is 9.17. The Labute approximate surface area is 320 Å². The zero-order valence-corrected chi connectivity index (χ0v) is 33.6. The summed E-state index contributed by atoms with van der Waals surface area (Å²) in [5, 5.41) is 11.1. The monoisotopic (exact) mass is 726 g/mol. The first-order valence-corrected chi connectivity index (χ1v) is 21.4. The van der Waals surface area contributed by atoms with Gasteiger partial charge in [-0.3, -0.25) is 14.4 Å². The molecule has 0 saturated carbocycles. The molecule has 2 N–H and O–H groups in total. The molecular weight excluding hydrogens is 647 g/mol. The van der Waals surface area contributed by atoms with Crippen LogP contribution in [0.15, 0.2) is 60.8 Å². The van der Waals surface area contributed by atoms with Crippen LogP contribution in [0.25, 0.3) is 0 Å². The molecule has 0 radical (unpaired) electrons. The minimum atomic E-state index is -1.02. The van der Waals surface area contributed by atoms with E-state index in [2.05, 4.69) is 79.9 Å². The molecule has 0 fully saturated rings. The van der Waals surface area contributed by atoms with Crippen LogP contribution in [0.1, 0.15) is 200 Å². The number of nitrogens with one attached hydrogen (secondary N) is 1. The van der Waals surface area contributed by atoms with E-state index in [1.807, 2.05) is 0 Å². The predicted octanol–water partition coefficient (Wildman–Crippen LogP) is 13.2. The summed E-state index contributed by atoms with van der Waals surface area (Å²) in [6, 6.07) is 0. The molecule has 52 heavy (non-hydrogen) atoms. The number of carboxylic acids is 1. The van der Waals surface area contributed by atoms with Gasteiger partial charge in [0.05, 0.1) is 0 Å². The summed E-state index contributed by atoms with van der Waals surface area (Å²) in [5.74, 6) is -1.27. The van der Waals surface area contributed by atoms with E-state index in [4.69, 9.17) is 9.84 Å². The molecule has 0 spiro atoms. The summed E-state index contributed by atoms with van der Waals surface area (Å²) in [6.07, 6.45) is 53.4. The maximum Gasteiger partial charge on any atom is 0.322 e. The highest BCUT2D eigenvalue weighted by Gasteiger charge is 2.14. The van der Waals surface area contributed by atoms with Crippen molar-refractivity contribution in [2.45, 2.75) is 206 Å². The molecule has 0 bridgehead atoms. The van der Waals surface area contributed by atoms with E-state index in [-0.39, 0.29) is 24.5 Å². The SMILES string of the molecule is CC/C=C\C/C=C\C/C=C\CCCCCCCCCC(=O)OC(CCC/C=C\C/C=C\CCCCCCC)CCCCCCCC(=O)NCC(=O)O. The normalized spacial score (nSPS) is 12.7. The van der Waals surface area contributed by atoms with E-state index < -0.39 is 5.97 Å². The Hall–Kier alpha value is -2.89. The van der Waals surface area contributed by atoms with Crippen LogP contribution in [0.2, 0.25) is 0 Å². The Morgan fingerprint density at radius 1 is 0.519 bits per heavy atom. The van der Waals surface area contributed by atoms with E-state index in [1.165, 1.54) is 77.0 Å². The standard InChI is InChI=1S/C46H79NO5/c1-3-5-7-9-11-13-15-17-18-19-20-22-24-26-28-33-37-41-46(51)52-43(39-35-31-29-32-36-40-44(48)47-42-45(49)50)38-34-30-27-25-23-21-16-14-12-10-8-6-4-2/h5,7,11,13,16-18,21,25,27,43H,3-4,6,8-10,12,14-15,19-20,22-24,26,28-42H2,1-2H3,(H,47,48)(H,49,50)/b7-5-,13-11-,18-17-,21-16-,27-25-. The summed E-state index contributed by atoms with van der Waals surface area (Å²) in [6.45, 7) is 4.10. The van der Waals surface area contributed by atoms with E-state index in [9.17, 15) is 14.4 Å². The summed E-state index contributed by atoms with van der Waals surface area (Å²) in [4.78, 5) is 35.0. The minimum Gasteiger partial charge on any atom is -0.480 e. The molecule has 6 nitrogen and oxygen atoms in total. The zero-order chi connectivity index (χ0) is 38.0. The Morgan fingerprint density at radius 3 is 1.52 bits per heavy atom. The first-order chi connectivity index (χ1) is 25.5. The van der Waals surface area contributed by atoms with Crippen LogP contribution in [-0.4, -0.2) is 35.6 Å². The van der Waals surface area contributed by atoms with Crippen molar-refractivity contribution < 1.29 is 24.2 Å². The highest BCUT2D eigenvalue weighted by molar-refractivity contribution is 5.80. The number of carbonyl (C=O) groups is 3. The van der Waals surface area contributed by atoms with Gasteiger partial charge in [-0.15, -0.1) is 0 Å². The minimum absolute atomic E-state index is 0.0247. The Bertz CT molecular complexity index is 979. The maximum atomic E-state index is 12.7. The number of unbranched alkanes of at least 4 members (excludes halogenated alkanes) is 17. The van der Waals surface area contributed by atoms with Crippen LogP contribution >= 0.6 is 0 Å². The molecule has 0 aromatic heterocycles. The average Bonchev–Trinajstić information content (AvgIpc) is 3.13. The second kappa shape index (κ2) is 40.9. The number of aliphatic carboxylic acids is 1. The fourth-order valence-corrected chi connectivity index (χ4v) is 6.04. The molecule has 6 heteroatoms. The lowest BCUT2D eigenvalue weighted by atomic mass is 10.0. The van der Waals surface area contributed by atoms with Gasteiger partial charge >= 0.3 is 11.9 Å². The van der Waals surface area contributed by atoms with Crippen LogP contribution in [-0.2, 0) is 19.1 Å². The lowest BCUT2D eigenvalue weighted by Gasteiger charge is -2.18. The second-order valence-electron chi connectivity index (χ2n) is 14.2. The van der Waals surface area contributed by atoms with E-state index in [0.29, 0.717) is 12.8 Å². The van der Waals surface area contributed by atoms with Crippen molar-refractivity contribution in [1.29, 1.82) is 0 Å². The summed E-state index contributed by atoms with van der Waals surface area (Å²) < 4.78 is 6.00. The summed E-state index contributed by atoms with van der Waals surface area (Å²) in [5.41, 5.74) is 0. The van der Waals surface area contributed by atoms with Gasteiger partial charge in [0, 0.05) is 12.8 Å². The quantitative estimate of drug-likeness (QED) is 0.0375. The van der Waals surface area contributed by atoms with Crippen molar-refractivity contribution in [3.63, 3.8) is 0 Å². The maximum absolute atomic E-state index is 12.7. The van der Waals surface area contributed by atoms with E-state index in [0.717, 1.165) is 96.3 Å².